The molecule has 5 nitrogen and oxygen atoms in total. The molecule has 2 aromatic rings. The van der Waals surface area contributed by atoms with Crippen molar-refractivity contribution in [1.29, 1.82) is 0 Å². The molecule has 0 saturated heterocycles. The van der Waals surface area contributed by atoms with Gasteiger partial charge in [-0.05, 0) is 50.6 Å². The van der Waals surface area contributed by atoms with Gasteiger partial charge in [0.15, 0.2) is 0 Å². The highest BCUT2D eigenvalue weighted by Crippen LogP contribution is 2.25. The van der Waals surface area contributed by atoms with Crippen LogP contribution in [-0.4, -0.2) is 24.5 Å². The number of rotatable bonds is 7. The van der Waals surface area contributed by atoms with Crippen LogP contribution in [0.25, 0.3) is 0 Å². The molecule has 2 rings (SSSR count). The Labute approximate surface area is 169 Å². The molecule has 27 heavy (non-hydrogen) atoms. The van der Waals surface area contributed by atoms with Gasteiger partial charge in [-0.3, -0.25) is 9.59 Å². The molecule has 2 aromatic carbocycles. The van der Waals surface area contributed by atoms with Gasteiger partial charge in [0.05, 0.1) is 28.3 Å². The molecule has 0 radical (unpaired) electrons. The van der Waals surface area contributed by atoms with Crippen molar-refractivity contribution >= 4 is 35.0 Å². The Morgan fingerprint density at radius 3 is 2.33 bits per heavy atom. The minimum absolute atomic E-state index is 0.159. The summed E-state index contributed by atoms with van der Waals surface area (Å²) in [6, 6.07) is 11.3. The molecular weight excluding hydrogens is 387 g/mol. The van der Waals surface area contributed by atoms with Crippen molar-refractivity contribution < 1.29 is 14.3 Å². The van der Waals surface area contributed by atoms with Crippen molar-refractivity contribution in [1.82, 2.24) is 10.6 Å². The van der Waals surface area contributed by atoms with Crippen LogP contribution < -0.4 is 15.4 Å². The zero-order chi connectivity index (χ0) is 20.0. The first-order chi connectivity index (χ1) is 12.8. The molecule has 0 aliphatic heterocycles. The average Bonchev–Trinajstić information content (AvgIpc) is 2.64. The number of benzene rings is 2. The summed E-state index contributed by atoms with van der Waals surface area (Å²) < 4.78 is 5.41. The molecule has 0 spiro atoms. The second-order valence-electron chi connectivity index (χ2n) is 6.03. The van der Waals surface area contributed by atoms with E-state index in [2.05, 4.69) is 10.6 Å². The summed E-state index contributed by atoms with van der Waals surface area (Å²) in [5.74, 6) is 0.0144. The van der Waals surface area contributed by atoms with E-state index in [1.165, 1.54) is 0 Å². The lowest BCUT2D eigenvalue weighted by Crippen LogP contribution is -2.45. The SMILES string of the molecule is CCOc1ccc(C(C)NC(=O)C(C)NC(=O)c2cccc(Cl)c2Cl)cc1. The second kappa shape index (κ2) is 9.62. The van der Waals surface area contributed by atoms with Gasteiger partial charge in [-0.15, -0.1) is 0 Å². The molecule has 0 aliphatic rings. The number of carbonyl (C=O) groups is 2. The van der Waals surface area contributed by atoms with E-state index in [4.69, 9.17) is 27.9 Å². The van der Waals surface area contributed by atoms with Crippen LogP contribution in [-0.2, 0) is 4.79 Å². The molecule has 2 amide bonds. The van der Waals surface area contributed by atoms with Crippen LogP contribution in [0.4, 0.5) is 0 Å². The summed E-state index contributed by atoms with van der Waals surface area (Å²) in [5, 5.41) is 5.95. The van der Waals surface area contributed by atoms with Crippen molar-refractivity contribution in [3.05, 3.63) is 63.6 Å². The maximum absolute atomic E-state index is 12.4. The molecule has 0 aromatic heterocycles. The third kappa shape index (κ3) is 5.62. The van der Waals surface area contributed by atoms with E-state index in [9.17, 15) is 9.59 Å². The average molecular weight is 409 g/mol. The molecule has 0 bridgehead atoms. The minimum atomic E-state index is -0.738. The number of carbonyl (C=O) groups excluding carboxylic acids is 2. The highest BCUT2D eigenvalue weighted by Gasteiger charge is 2.20. The van der Waals surface area contributed by atoms with Crippen LogP contribution in [0.3, 0.4) is 0 Å². The van der Waals surface area contributed by atoms with Gasteiger partial charge in [0.1, 0.15) is 11.8 Å². The summed E-state index contributed by atoms with van der Waals surface area (Å²) in [4.78, 5) is 24.7. The Bertz CT molecular complexity index is 809. The maximum atomic E-state index is 12.4. The predicted octanol–water partition coefficient (Wildman–Crippen LogP) is 4.39. The zero-order valence-electron chi connectivity index (χ0n) is 15.4. The minimum Gasteiger partial charge on any atom is -0.494 e. The van der Waals surface area contributed by atoms with Gasteiger partial charge in [-0.25, -0.2) is 0 Å². The van der Waals surface area contributed by atoms with E-state index >= 15 is 0 Å². The number of hydrogen-bond donors (Lipinski definition) is 2. The molecule has 7 heteroatoms. The Kier molecular flexibility index (Phi) is 7.51. The Morgan fingerprint density at radius 2 is 1.70 bits per heavy atom. The standard InChI is InChI=1S/C20H22Cl2N2O3/c1-4-27-15-10-8-14(9-11-15)12(2)23-19(25)13(3)24-20(26)16-6-5-7-17(21)18(16)22/h5-13H,4H2,1-3H3,(H,23,25)(H,24,26). The molecule has 2 N–H and O–H groups in total. The highest BCUT2D eigenvalue weighted by molar-refractivity contribution is 6.43. The Balaban J connectivity index is 1.96. The molecule has 0 saturated carbocycles. The predicted molar refractivity (Wildman–Crippen MR) is 108 cm³/mol. The number of amides is 2. The second-order valence-corrected chi connectivity index (χ2v) is 6.81. The summed E-state index contributed by atoms with van der Waals surface area (Å²) in [6.07, 6.45) is 0. The zero-order valence-corrected chi connectivity index (χ0v) is 16.9. The molecule has 0 heterocycles. The molecule has 2 atom stereocenters. The number of halogens is 2. The van der Waals surface area contributed by atoms with Crippen molar-refractivity contribution in [3.8, 4) is 5.75 Å². The summed E-state index contributed by atoms with van der Waals surface area (Å²) in [7, 11) is 0. The van der Waals surface area contributed by atoms with E-state index in [0.29, 0.717) is 6.61 Å². The fourth-order valence-electron chi connectivity index (χ4n) is 2.46. The van der Waals surface area contributed by atoms with E-state index < -0.39 is 11.9 Å². The van der Waals surface area contributed by atoms with E-state index in [0.717, 1.165) is 11.3 Å². The smallest absolute Gasteiger partial charge is 0.253 e. The van der Waals surface area contributed by atoms with Crippen LogP contribution in [0.2, 0.25) is 10.0 Å². The number of ether oxygens (including phenoxy) is 1. The third-order valence-electron chi connectivity index (χ3n) is 3.99. The molecular formula is C20H22Cl2N2O3. The van der Waals surface area contributed by atoms with Crippen LogP contribution >= 0.6 is 23.2 Å². The highest BCUT2D eigenvalue weighted by atomic mass is 35.5. The van der Waals surface area contributed by atoms with Gasteiger partial charge in [0, 0.05) is 0 Å². The number of hydrogen-bond acceptors (Lipinski definition) is 3. The van der Waals surface area contributed by atoms with Crippen LogP contribution in [0.5, 0.6) is 5.75 Å². The van der Waals surface area contributed by atoms with E-state index in [-0.39, 0.29) is 27.6 Å². The van der Waals surface area contributed by atoms with Crippen LogP contribution in [0.15, 0.2) is 42.5 Å². The fraction of sp³-hybridized carbons (Fsp3) is 0.300. The summed E-state index contributed by atoms with van der Waals surface area (Å²) >= 11 is 12.0. The fourth-order valence-corrected chi connectivity index (χ4v) is 2.85. The lowest BCUT2D eigenvalue weighted by molar-refractivity contribution is -0.123. The van der Waals surface area contributed by atoms with Crippen molar-refractivity contribution in [2.75, 3.05) is 6.61 Å². The first-order valence-corrected chi connectivity index (χ1v) is 9.37. The van der Waals surface area contributed by atoms with Gasteiger partial charge in [0.2, 0.25) is 5.91 Å². The van der Waals surface area contributed by atoms with Gasteiger partial charge < -0.3 is 15.4 Å². The van der Waals surface area contributed by atoms with Gasteiger partial charge in [0.25, 0.3) is 5.91 Å². The van der Waals surface area contributed by atoms with Gasteiger partial charge >= 0.3 is 0 Å². The normalized spacial score (nSPS) is 12.8. The first kappa shape index (κ1) is 21.1. The molecule has 0 fully saturated rings. The van der Waals surface area contributed by atoms with E-state index in [1.807, 2.05) is 38.1 Å². The quantitative estimate of drug-likeness (QED) is 0.713. The molecule has 0 aliphatic carbocycles. The molecule has 144 valence electrons. The monoisotopic (exact) mass is 408 g/mol. The Morgan fingerprint density at radius 1 is 1.04 bits per heavy atom. The lowest BCUT2D eigenvalue weighted by atomic mass is 10.1. The van der Waals surface area contributed by atoms with Crippen molar-refractivity contribution in [2.24, 2.45) is 0 Å². The van der Waals surface area contributed by atoms with Crippen LogP contribution in [0, 0.1) is 0 Å². The maximum Gasteiger partial charge on any atom is 0.253 e. The lowest BCUT2D eigenvalue weighted by Gasteiger charge is -2.19. The van der Waals surface area contributed by atoms with Crippen molar-refractivity contribution in [3.63, 3.8) is 0 Å². The summed E-state index contributed by atoms with van der Waals surface area (Å²) in [5.41, 5.74) is 1.16. The summed E-state index contributed by atoms with van der Waals surface area (Å²) in [6.45, 7) is 6.00. The first-order valence-electron chi connectivity index (χ1n) is 8.61. The molecule has 2 unspecified atom stereocenters. The third-order valence-corrected chi connectivity index (χ3v) is 4.81. The van der Waals surface area contributed by atoms with Gasteiger partial charge in [-0.2, -0.15) is 0 Å². The largest absolute Gasteiger partial charge is 0.494 e. The van der Waals surface area contributed by atoms with Crippen LogP contribution in [0.1, 0.15) is 42.7 Å². The Hall–Kier alpha value is -2.24. The topological polar surface area (TPSA) is 67.4 Å². The van der Waals surface area contributed by atoms with Gasteiger partial charge in [-0.1, -0.05) is 41.4 Å². The van der Waals surface area contributed by atoms with Crippen molar-refractivity contribution in [2.45, 2.75) is 32.9 Å². The van der Waals surface area contributed by atoms with E-state index in [1.54, 1.807) is 25.1 Å². The number of nitrogens with one attached hydrogen (secondary N) is 2.